The standard InChI is InChI=1S/C7H13ClO4/c1-4-5-7(2,3)11-12-10-6(8)9/h4-5H2,1-3H3. The monoisotopic (exact) mass is 196 g/mol. The van der Waals surface area contributed by atoms with Crippen LogP contribution in [0.25, 0.3) is 0 Å². The Morgan fingerprint density at radius 2 is 2.08 bits per heavy atom. The molecule has 0 aromatic carbocycles. The van der Waals surface area contributed by atoms with Crippen LogP contribution in [0.5, 0.6) is 0 Å². The van der Waals surface area contributed by atoms with Crippen LogP contribution in [0.4, 0.5) is 4.79 Å². The van der Waals surface area contributed by atoms with Crippen molar-refractivity contribution in [2.75, 3.05) is 0 Å². The SMILES string of the molecule is CCCC(C)(C)OOOC(=O)Cl. The van der Waals surface area contributed by atoms with Crippen molar-refractivity contribution in [3.05, 3.63) is 0 Å². The van der Waals surface area contributed by atoms with Crippen molar-refractivity contribution in [3.63, 3.8) is 0 Å². The largest absolute Gasteiger partial charge is 0.438 e. The molecule has 0 aromatic rings. The van der Waals surface area contributed by atoms with E-state index in [0.717, 1.165) is 12.8 Å². The Labute approximate surface area is 76.6 Å². The normalized spacial score (nSPS) is 11.3. The molecule has 0 atom stereocenters. The van der Waals surface area contributed by atoms with Gasteiger partial charge in [0.15, 0.2) is 0 Å². The average molecular weight is 197 g/mol. The van der Waals surface area contributed by atoms with Crippen LogP contribution in [0, 0.1) is 0 Å². The van der Waals surface area contributed by atoms with Gasteiger partial charge in [0, 0.05) is 11.6 Å². The van der Waals surface area contributed by atoms with Crippen LogP contribution in [0.15, 0.2) is 0 Å². The van der Waals surface area contributed by atoms with Crippen molar-refractivity contribution in [1.29, 1.82) is 0 Å². The second-order valence-electron chi connectivity index (χ2n) is 2.98. The lowest BCUT2D eigenvalue weighted by Gasteiger charge is -2.20. The van der Waals surface area contributed by atoms with Crippen LogP contribution >= 0.6 is 11.6 Å². The van der Waals surface area contributed by atoms with Gasteiger partial charge in [-0.3, -0.25) is 4.89 Å². The molecule has 0 bridgehead atoms. The van der Waals surface area contributed by atoms with Crippen LogP contribution in [0.3, 0.4) is 0 Å². The van der Waals surface area contributed by atoms with Gasteiger partial charge in [-0.05, 0) is 25.3 Å². The van der Waals surface area contributed by atoms with E-state index in [9.17, 15) is 4.79 Å². The molecule has 0 aliphatic carbocycles. The summed E-state index contributed by atoms with van der Waals surface area (Å²) in [4.78, 5) is 18.7. The van der Waals surface area contributed by atoms with E-state index in [0.29, 0.717) is 0 Å². The van der Waals surface area contributed by atoms with Crippen LogP contribution in [0.2, 0.25) is 0 Å². The highest BCUT2D eigenvalue weighted by Crippen LogP contribution is 2.16. The predicted octanol–water partition coefficient (Wildman–Crippen LogP) is 2.80. The first-order valence-corrected chi connectivity index (χ1v) is 4.07. The lowest BCUT2D eigenvalue weighted by Crippen LogP contribution is -2.24. The Kier molecular flexibility index (Phi) is 5.20. The summed E-state index contributed by atoms with van der Waals surface area (Å²) in [5, 5.41) is 4.13. The highest BCUT2D eigenvalue weighted by molar-refractivity contribution is 6.61. The molecule has 0 heterocycles. The number of rotatable bonds is 5. The molecule has 0 aromatic heterocycles. The Morgan fingerprint density at radius 1 is 1.50 bits per heavy atom. The summed E-state index contributed by atoms with van der Waals surface area (Å²) in [6, 6.07) is 0. The molecule has 0 saturated heterocycles. The van der Waals surface area contributed by atoms with Gasteiger partial charge in [-0.2, -0.15) is 4.89 Å². The van der Waals surface area contributed by atoms with Gasteiger partial charge in [0.1, 0.15) is 5.60 Å². The fourth-order valence-electron chi connectivity index (χ4n) is 0.780. The third-order valence-electron chi connectivity index (χ3n) is 1.21. The molecule has 0 rings (SSSR count). The van der Waals surface area contributed by atoms with Gasteiger partial charge >= 0.3 is 5.43 Å². The molecule has 0 fully saturated rings. The molecular weight excluding hydrogens is 184 g/mol. The minimum Gasteiger partial charge on any atom is -0.250 e. The fraction of sp³-hybridized carbons (Fsp3) is 0.857. The van der Waals surface area contributed by atoms with Crippen molar-refractivity contribution >= 4 is 17.0 Å². The van der Waals surface area contributed by atoms with Gasteiger partial charge in [-0.25, -0.2) is 4.79 Å². The Bertz CT molecular complexity index is 146. The molecule has 0 amide bonds. The third-order valence-corrected chi connectivity index (χ3v) is 1.27. The van der Waals surface area contributed by atoms with Gasteiger partial charge in [-0.1, -0.05) is 13.3 Å². The van der Waals surface area contributed by atoms with Gasteiger partial charge in [0.25, 0.3) is 0 Å². The Morgan fingerprint density at radius 3 is 2.50 bits per heavy atom. The summed E-state index contributed by atoms with van der Waals surface area (Å²) in [6.07, 6.45) is 1.75. The van der Waals surface area contributed by atoms with Gasteiger partial charge < -0.3 is 0 Å². The molecule has 72 valence electrons. The molecular formula is C7H13ClO4. The number of hydrogen-bond donors (Lipinski definition) is 0. The first-order valence-electron chi connectivity index (χ1n) is 3.70. The number of hydrogen-bond acceptors (Lipinski definition) is 4. The first kappa shape index (κ1) is 11.7. The van der Waals surface area contributed by atoms with Crippen LogP contribution in [-0.4, -0.2) is 11.0 Å². The van der Waals surface area contributed by atoms with E-state index in [1.165, 1.54) is 0 Å². The second kappa shape index (κ2) is 5.35. The predicted molar refractivity (Wildman–Crippen MR) is 43.5 cm³/mol. The van der Waals surface area contributed by atoms with E-state index in [1.807, 2.05) is 20.8 Å². The van der Waals surface area contributed by atoms with Crippen molar-refractivity contribution < 1.29 is 19.6 Å². The van der Waals surface area contributed by atoms with E-state index in [-0.39, 0.29) is 0 Å². The molecule has 0 N–H and O–H groups in total. The average Bonchev–Trinajstić information content (AvgIpc) is 1.85. The van der Waals surface area contributed by atoms with Crippen molar-refractivity contribution in [1.82, 2.24) is 0 Å². The summed E-state index contributed by atoms with van der Waals surface area (Å²) in [5.74, 6) is 0. The van der Waals surface area contributed by atoms with Crippen LogP contribution in [-0.2, 0) is 14.8 Å². The quantitative estimate of drug-likeness (QED) is 0.385. The molecule has 4 nitrogen and oxygen atoms in total. The first-order chi connectivity index (χ1) is 5.48. The number of halogens is 1. The highest BCUT2D eigenvalue weighted by atomic mass is 35.5. The number of carbonyl (C=O) groups excluding carboxylic acids is 1. The van der Waals surface area contributed by atoms with Gasteiger partial charge in [0.2, 0.25) is 0 Å². The van der Waals surface area contributed by atoms with Crippen LogP contribution < -0.4 is 0 Å². The van der Waals surface area contributed by atoms with Crippen molar-refractivity contribution in [3.8, 4) is 0 Å². The van der Waals surface area contributed by atoms with Crippen LogP contribution in [0.1, 0.15) is 33.6 Å². The maximum Gasteiger partial charge on any atom is 0.438 e. The summed E-state index contributed by atoms with van der Waals surface area (Å²) in [6.45, 7) is 5.65. The molecule has 5 heteroatoms. The topological polar surface area (TPSA) is 44.8 Å². The van der Waals surface area contributed by atoms with E-state index in [2.05, 4.69) is 9.93 Å². The fourth-order valence-corrected chi connectivity index (χ4v) is 0.805. The van der Waals surface area contributed by atoms with Crippen molar-refractivity contribution in [2.45, 2.75) is 39.2 Å². The molecule has 0 radical (unpaired) electrons. The zero-order valence-corrected chi connectivity index (χ0v) is 8.18. The Balaban J connectivity index is 3.53. The maximum atomic E-state index is 10.0. The molecule has 0 spiro atoms. The minimum absolute atomic E-state index is 0.471. The lowest BCUT2D eigenvalue weighted by atomic mass is 10.0. The van der Waals surface area contributed by atoms with E-state index in [4.69, 9.17) is 16.5 Å². The van der Waals surface area contributed by atoms with Gasteiger partial charge in [0.05, 0.1) is 0 Å². The van der Waals surface area contributed by atoms with Gasteiger partial charge in [-0.15, -0.1) is 0 Å². The van der Waals surface area contributed by atoms with E-state index in [1.54, 1.807) is 0 Å². The maximum absolute atomic E-state index is 10.0. The third kappa shape index (κ3) is 6.39. The minimum atomic E-state index is -1.05. The Hall–Kier alpha value is -0.320. The second-order valence-corrected chi connectivity index (χ2v) is 3.29. The summed E-state index contributed by atoms with van der Waals surface area (Å²) in [5.41, 5.74) is -1.52. The summed E-state index contributed by atoms with van der Waals surface area (Å²) in [7, 11) is 0. The molecule has 12 heavy (non-hydrogen) atoms. The zero-order chi connectivity index (χ0) is 9.61. The van der Waals surface area contributed by atoms with E-state index < -0.39 is 11.0 Å². The molecule has 0 saturated carbocycles. The highest BCUT2D eigenvalue weighted by Gasteiger charge is 2.19. The molecule has 0 aliphatic heterocycles. The molecule has 0 aliphatic rings. The smallest absolute Gasteiger partial charge is 0.250 e. The summed E-state index contributed by atoms with van der Waals surface area (Å²) >= 11 is 4.82. The number of carbonyl (C=O) groups is 1. The van der Waals surface area contributed by atoms with Crippen molar-refractivity contribution in [2.24, 2.45) is 0 Å². The summed E-state index contributed by atoms with van der Waals surface area (Å²) < 4.78 is 0. The molecule has 0 unspecified atom stereocenters. The van der Waals surface area contributed by atoms with E-state index >= 15 is 0 Å². The lowest BCUT2D eigenvalue weighted by molar-refractivity contribution is -0.510. The zero-order valence-electron chi connectivity index (χ0n) is 7.43.